The summed E-state index contributed by atoms with van der Waals surface area (Å²) in [6.45, 7) is 9.07. The largest absolute Gasteiger partial charge is 0.374 e. The third kappa shape index (κ3) is 3.33. The summed E-state index contributed by atoms with van der Waals surface area (Å²) in [5, 5.41) is 4.02. The fraction of sp³-hybridized carbons (Fsp3) is 0.500. The fourth-order valence-electron chi connectivity index (χ4n) is 2.91. The standard InChI is InChI=1S/C18H23N3O3/c1-12-7-5-6-8-14(12)17-19-15(24-20-17)9-16(22)21-10-13(2)23-11-18(21,3)4/h5-8,13H,9-11H2,1-4H3. The number of amides is 1. The number of benzene rings is 1. The minimum Gasteiger partial charge on any atom is -0.374 e. The zero-order chi connectivity index (χ0) is 17.3. The Balaban J connectivity index is 1.75. The molecule has 0 radical (unpaired) electrons. The second-order valence-electron chi connectivity index (χ2n) is 6.94. The molecule has 2 heterocycles. The minimum absolute atomic E-state index is 0.0184. The molecule has 1 aromatic carbocycles. The van der Waals surface area contributed by atoms with Crippen LogP contribution in [-0.4, -0.2) is 45.7 Å². The fourth-order valence-corrected chi connectivity index (χ4v) is 2.91. The van der Waals surface area contributed by atoms with E-state index in [-0.39, 0.29) is 24.0 Å². The molecular formula is C18H23N3O3. The molecule has 0 bridgehead atoms. The lowest BCUT2D eigenvalue weighted by Gasteiger charge is -2.44. The Kier molecular flexibility index (Phi) is 4.41. The van der Waals surface area contributed by atoms with Gasteiger partial charge >= 0.3 is 0 Å². The van der Waals surface area contributed by atoms with Gasteiger partial charge in [-0.25, -0.2) is 0 Å². The molecule has 1 aromatic heterocycles. The molecule has 24 heavy (non-hydrogen) atoms. The van der Waals surface area contributed by atoms with E-state index in [1.807, 2.05) is 56.9 Å². The van der Waals surface area contributed by atoms with Crippen LogP contribution in [0.3, 0.4) is 0 Å². The number of aromatic nitrogens is 2. The summed E-state index contributed by atoms with van der Waals surface area (Å²) in [7, 11) is 0. The number of ether oxygens (including phenoxy) is 1. The first-order valence-corrected chi connectivity index (χ1v) is 8.17. The van der Waals surface area contributed by atoms with E-state index in [0.29, 0.717) is 24.9 Å². The average Bonchev–Trinajstić information content (AvgIpc) is 2.98. The van der Waals surface area contributed by atoms with E-state index in [9.17, 15) is 4.79 Å². The molecule has 1 unspecified atom stereocenters. The topological polar surface area (TPSA) is 68.5 Å². The highest BCUT2D eigenvalue weighted by atomic mass is 16.5. The third-order valence-corrected chi connectivity index (χ3v) is 4.35. The predicted octanol–water partition coefficient (Wildman–Crippen LogP) is 2.61. The van der Waals surface area contributed by atoms with E-state index < -0.39 is 0 Å². The molecule has 1 atom stereocenters. The van der Waals surface area contributed by atoms with Gasteiger partial charge in [-0.15, -0.1) is 0 Å². The van der Waals surface area contributed by atoms with Crippen LogP contribution in [0.25, 0.3) is 11.4 Å². The summed E-state index contributed by atoms with van der Waals surface area (Å²) in [4.78, 5) is 18.9. The minimum atomic E-state index is -0.331. The van der Waals surface area contributed by atoms with Gasteiger partial charge < -0.3 is 14.2 Å². The van der Waals surface area contributed by atoms with Gasteiger partial charge in [0.2, 0.25) is 17.6 Å². The monoisotopic (exact) mass is 329 g/mol. The Labute approximate surface area is 141 Å². The first-order valence-electron chi connectivity index (χ1n) is 8.17. The number of nitrogens with zero attached hydrogens (tertiary/aromatic N) is 3. The molecule has 2 aromatic rings. The van der Waals surface area contributed by atoms with Crippen molar-refractivity contribution in [1.29, 1.82) is 0 Å². The molecule has 3 rings (SSSR count). The molecule has 1 saturated heterocycles. The molecule has 128 valence electrons. The zero-order valence-corrected chi connectivity index (χ0v) is 14.6. The molecule has 6 heteroatoms. The Hall–Kier alpha value is -2.21. The van der Waals surface area contributed by atoms with Crippen molar-refractivity contribution in [2.75, 3.05) is 13.2 Å². The number of morpholine rings is 1. The van der Waals surface area contributed by atoms with E-state index in [4.69, 9.17) is 9.26 Å². The first-order chi connectivity index (χ1) is 11.4. The van der Waals surface area contributed by atoms with Crippen LogP contribution in [0.2, 0.25) is 0 Å². The van der Waals surface area contributed by atoms with Crippen LogP contribution in [0.5, 0.6) is 0 Å². The van der Waals surface area contributed by atoms with Crippen molar-refractivity contribution in [1.82, 2.24) is 15.0 Å². The highest BCUT2D eigenvalue weighted by Crippen LogP contribution is 2.24. The number of carbonyl (C=O) groups excluding carboxylic acids is 1. The average molecular weight is 329 g/mol. The van der Waals surface area contributed by atoms with Crippen molar-refractivity contribution in [2.24, 2.45) is 0 Å². The molecule has 1 fully saturated rings. The van der Waals surface area contributed by atoms with Crippen molar-refractivity contribution >= 4 is 5.91 Å². The Bertz CT molecular complexity index is 739. The maximum atomic E-state index is 12.7. The lowest BCUT2D eigenvalue weighted by Crippen LogP contribution is -2.58. The molecule has 1 amide bonds. The van der Waals surface area contributed by atoms with Crippen LogP contribution in [0.4, 0.5) is 0 Å². The number of hydrogen-bond donors (Lipinski definition) is 0. The van der Waals surface area contributed by atoms with E-state index >= 15 is 0 Å². The summed E-state index contributed by atoms with van der Waals surface area (Å²) >= 11 is 0. The van der Waals surface area contributed by atoms with Gasteiger partial charge in [-0.2, -0.15) is 4.98 Å². The number of carbonyl (C=O) groups is 1. The SMILES string of the molecule is Cc1ccccc1-c1noc(CC(=O)N2CC(C)OCC2(C)C)n1. The summed E-state index contributed by atoms with van der Waals surface area (Å²) < 4.78 is 10.9. The summed E-state index contributed by atoms with van der Waals surface area (Å²) in [6, 6.07) is 7.83. The van der Waals surface area contributed by atoms with Crippen LogP contribution in [0, 0.1) is 6.92 Å². The van der Waals surface area contributed by atoms with E-state index in [0.717, 1.165) is 11.1 Å². The van der Waals surface area contributed by atoms with Crippen molar-refractivity contribution in [3.8, 4) is 11.4 Å². The number of hydrogen-bond acceptors (Lipinski definition) is 5. The quantitative estimate of drug-likeness (QED) is 0.866. The molecule has 1 aliphatic rings. The smallest absolute Gasteiger partial charge is 0.236 e. The number of aryl methyl sites for hydroxylation is 1. The maximum Gasteiger partial charge on any atom is 0.236 e. The maximum absolute atomic E-state index is 12.7. The first kappa shape index (κ1) is 16.6. The lowest BCUT2D eigenvalue weighted by atomic mass is 10.0. The zero-order valence-electron chi connectivity index (χ0n) is 14.6. The molecule has 0 spiro atoms. The molecule has 0 saturated carbocycles. The van der Waals surface area contributed by atoms with Gasteiger partial charge in [0, 0.05) is 12.1 Å². The molecule has 6 nitrogen and oxygen atoms in total. The predicted molar refractivity (Wildman–Crippen MR) is 89.4 cm³/mol. The lowest BCUT2D eigenvalue weighted by molar-refractivity contribution is -0.152. The van der Waals surface area contributed by atoms with Gasteiger partial charge in [0.15, 0.2) is 0 Å². The summed E-state index contributed by atoms with van der Waals surface area (Å²) in [5.41, 5.74) is 1.65. The molecule has 0 N–H and O–H groups in total. The van der Waals surface area contributed by atoms with Crippen molar-refractivity contribution < 1.29 is 14.1 Å². The third-order valence-electron chi connectivity index (χ3n) is 4.35. The van der Waals surface area contributed by atoms with Gasteiger partial charge in [0.25, 0.3) is 0 Å². The van der Waals surface area contributed by atoms with Crippen molar-refractivity contribution in [3.05, 3.63) is 35.7 Å². The molecule has 1 aliphatic heterocycles. The highest BCUT2D eigenvalue weighted by molar-refractivity contribution is 5.79. The second kappa shape index (κ2) is 6.36. The van der Waals surface area contributed by atoms with Crippen LogP contribution in [0.1, 0.15) is 32.2 Å². The van der Waals surface area contributed by atoms with Crippen molar-refractivity contribution in [3.63, 3.8) is 0 Å². The van der Waals surface area contributed by atoms with Gasteiger partial charge in [0.05, 0.1) is 18.2 Å². The van der Waals surface area contributed by atoms with Gasteiger partial charge in [0.1, 0.15) is 6.42 Å². The van der Waals surface area contributed by atoms with Crippen LogP contribution < -0.4 is 0 Å². The van der Waals surface area contributed by atoms with Gasteiger partial charge in [-0.3, -0.25) is 4.79 Å². The van der Waals surface area contributed by atoms with E-state index in [2.05, 4.69) is 10.1 Å². The van der Waals surface area contributed by atoms with Gasteiger partial charge in [-0.05, 0) is 33.3 Å². The Morgan fingerprint density at radius 2 is 2.12 bits per heavy atom. The summed E-state index contributed by atoms with van der Waals surface area (Å²) in [6.07, 6.45) is 0.141. The van der Waals surface area contributed by atoms with Crippen LogP contribution >= 0.6 is 0 Å². The van der Waals surface area contributed by atoms with Crippen LogP contribution in [-0.2, 0) is 16.0 Å². The van der Waals surface area contributed by atoms with Crippen molar-refractivity contribution in [2.45, 2.75) is 45.8 Å². The Morgan fingerprint density at radius 1 is 1.38 bits per heavy atom. The normalized spacial score (nSPS) is 20.2. The number of rotatable bonds is 3. The highest BCUT2D eigenvalue weighted by Gasteiger charge is 2.37. The van der Waals surface area contributed by atoms with Gasteiger partial charge in [-0.1, -0.05) is 29.4 Å². The van der Waals surface area contributed by atoms with E-state index in [1.165, 1.54) is 0 Å². The molecular weight excluding hydrogens is 306 g/mol. The second-order valence-corrected chi connectivity index (χ2v) is 6.94. The Morgan fingerprint density at radius 3 is 2.88 bits per heavy atom. The molecule has 0 aliphatic carbocycles. The van der Waals surface area contributed by atoms with E-state index in [1.54, 1.807) is 0 Å². The summed E-state index contributed by atoms with van der Waals surface area (Å²) in [5.74, 6) is 0.842. The van der Waals surface area contributed by atoms with Crippen LogP contribution in [0.15, 0.2) is 28.8 Å².